The van der Waals surface area contributed by atoms with E-state index in [1.54, 1.807) is 18.2 Å². The maximum absolute atomic E-state index is 10.3. The van der Waals surface area contributed by atoms with Crippen LogP contribution >= 0.6 is 0 Å². The topological polar surface area (TPSA) is 40.5 Å². The molecule has 2 heteroatoms. The van der Waals surface area contributed by atoms with Crippen molar-refractivity contribution in [1.29, 1.82) is 0 Å². The van der Waals surface area contributed by atoms with Crippen LogP contribution in [-0.2, 0) is 0 Å². The lowest BCUT2D eigenvalue weighted by molar-refractivity contribution is 0.293. The Balaban J connectivity index is 2.39. The number of rotatable bonds is 6. The molecule has 0 amide bonds. The Labute approximate surface area is 140 Å². The SMILES string of the molecule is C=C(C)[C@@H]1C(CCCCC)CC(C)=C[C@H]1c1c(O)cccc1O. The Hall–Kier alpha value is -1.70. The van der Waals surface area contributed by atoms with Crippen molar-refractivity contribution < 1.29 is 10.2 Å². The molecule has 0 bridgehead atoms. The molecule has 2 rings (SSSR count). The molecule has 0 aromatic heterocycles. The van der Waals surface area contributed by atoms with Gasteiger partial charge in [-0.3, -0.25) is 0 Å². The van der Waals surface area contributed by atoms with Gasteiger partial charge in [0.2, 0.25) is 0 Å². The van der Waals surface area contributed by atoms with Crippen molar-refractivity contribution in [3.05, 3.63) is 47.6 Å². The lowest BCUT2D eigenvalue weighted by atomic mass is 9.66. The minimum absolute atomic E-state index is 0.00840. The predicted molar refractivity (Wildman–Crippen MR) is 96.8 cm³/mol. The molecule has 0 saturated carbocycles. The van der Waals surface area contributed by atoms with E-state index in [1.165, 1.54) is 31.3 Å². The smallest absolute Gasteiger partial charge is 0.123 e. The van der Waals surface area contributed by atoms with Crippen molar-refractivity contribution >= 4 is 0 Å². The molecule has 2 nitrogen and oxygen atoms in total. The summed E-state index contributed by atoms with van der Waals surface area (Å²) in [6, 6.07) is 5.00. The van der Waals surface area contributed by atoms with Gasteiger partial charge in [-0.15, -0.1) is 0 Å². The zero-order chi connectivity index (χ0) is 17.0. The van der Waals surface area contributed by atoms with Gasteiger partial charge in [-0.2, -0.15) is 0 Å². The molecule has 1 aromatic rings. The monoisotopic (exact) mass is 314 g/mol. The normalized spacial score (nSPS) is 24.3. The summed E-state index contributed by atoms with van der Waals surface area (Å²) in [5.74, 6) is 1.18. The largest absolute Gasteiger partial charge is 0.508 e. The number of unbranched alkanes of at least 4 members (excludes halogenated alkanes) is 2. The first-order chi connectivity index (χ1) is 11.0. The van der Waals surface area contributed by atoms with Crippen molar-refractivity contribution in [1.82, 2.24) is 0 Å². The van der Waals surface area contributed by atoms with Crippen LogP contribution in [0.1, 0.15) is 64.4 Å². The van der Waals surface area contributed by atoms with Crippen molar-refractivity contribution in [3.63, 3.8) is 0 Å². The van der Waals surface area contributed by atoms with Gasteiger partial charge in [0, 0.05) is 11.5 Å². The summed E-state index contributed by atoms with van der Waals surface area (Å²) >= 11 is 0. The fraction of sp³-hybridized carbons (Fsp3) is 0.524. The Kier molecular flexibility index (Phi) is 5.92. The summed E-state index contributed by atoms with van der Waals surface area (Å²) in [7, 11) is 0. The Morgan fingerprint density at radius 1 is 1.22 bits per heavy atom. The van der Waals surface area contributed by atoms with Crippen molar-refractivity contribution in [2.24, 2.45) is 11.8 Å². The minimum atomic E-state index is 0.00840. The van der Waals surface area contributed by atoms with Gasteiger partial charge in [-0.05, 0) is 50.7 Å². The predicted octanol–water partition coefficient (Wildman–Crippen LogP) is 5.92. The van der Waals surface area contributed by atoms with E-state index in [2.05, 4.69) is 33.4 Å². The molecule has 0 aliphatic heterocycles. The average Bonchev–Trinajstić information content (AvgIpc) is 2.46. The molecule has 126 valence electrons. The number of hydrogen-bond donors (Lipinski definition) is 2. The van der Waals surface area contributed by atoms with Gasteiger partial charge in [0.1, 0.15) is 11.5 Å². The maximum atomic E-state index is 10.3. The quantitative estimate of drug-likeness (QED) is 0.505. The molecule has 1 aliphatic carbocycles. The lowest BCUT2D eigenvalue weighted by Crippen LogP contribution is -2.26. The van der Waals surface area contributed by atoms with E-state index in [0.717, 1.165) is 12.0 Å². The highest BCUT2D eigenvalue weighted by Crippen LogP contribution is 2.49. The van der Waals surface area contributed by atoms with Crippen LogP contribution in [-0.4, -0.2) is 10.2 Å². The van der Waals surface area contributed by atoms with Gasteiger partial charge >= 0.3 is 0 Å². The highest BCUT2D eigenvalue weighted by molar-refractivity contribution is 5.49. The minimum Gasteiger partial charge on any atom is -0.508 e. The molecular weight excluding hydrogens is 284 g/mol. The summed E-state index contributed by atoms with van der Waals surface area (Å²) in [6.07, 6.45) is 8.20. The van der Waals surface area contributed by atoms with Crippen LogP contribution in [0.3, 0.4) is 0 Å². The van der Waals surface area contributed by atoms with Gasteiger partial charge < -0.3 is 10.2 Å². The number of aromatic hydroxyl groups is 2. The summed E-state index contributed by atoms with van der Waals surface area (Å²) in [5, 5.41) is 20.6. The van der Waals surface area contributed by atoms with Crippen LogP contribution in [0.25, 0.3) is 0 Å². The molecule has 1 aromatic carbocycles. The summed E-state index contributed by atoms with van der Waals surface area (Å²) in [6.45, 7) is 10.7. The molecule has 1 aliphatic rings. The van der Waals surface area contributed by atoms with E-state index in [-0.39, 0.29) is 23.3 Å². The highest BCUT2D eigenvalue weighted by Gasteiger charge is 2.35. The van der Waals surface area contributed by atoms with Crippen LogP contribution in [0.2, 0.25) is 0 Å². The zero-order valence-electron chi connectivity index (χ0n) is 14.7. The second kappa shape index (κ2) is 7.72. The van der Waals surface area contributed by atoms with Gasteiger partial charge in [-0.1, -0.05) is 56.1 Å². The van der Waals surface area contributed by atoms with Crippen LogP contribution in [0.4, 0.5) is 0 Å². The highest BCUT2D eigenvalue weighted by atomic mass is 16.3. The molecule has 1 unspecified atom stereocenters. The van der Waals surface area contributed by atoms with Crippen molar-refractivity contribution in [2.75, 3.05) is 0 Å². The zero-order valence-corrected chi connectivity index (χ0v) is 14.7. The van der Waals surface area contributed by atoms with Crippen LogP contribution in [0.5, 0.6) is 11.5 Å². The molecular formula is C21H30O2. The van der Waals surface area contributed by atoms with E-state index in [0.29, 0.717) is 11.5 Å². The van der Waals surface area contributed by atoms with Gasteiger partial charge in [-0.25, -0.2) is 0 Å². The second-order valence-corrected chi connectivity index (χ2v) is 7.08. The summed E-state index contributed by atoms with van der Waals surface area (Å²) in [4.78, 5) is 0. The number of allylic oxidation sites excluding steroid dienone is 3. The van der Waals surface area contributed by atoms with E-state index < -0.39 is 0 Å². The van der Waals surface area contributed by atoms with Gasteiger partial charge in [0.25, 0.3) is 0 Å². The van der Waals surface area contributed by atoms with E-state index in [1.807, 2.05) is 0 Å². The Morgan fingerprint density at radius 2 is 1.87 bits per heavy atom. The van der Waals surface area contributed by atoms with Crippen LogP contribution < -0.4 is 0 Å². The number of hydrogen-bond acceptors (Lipinski definition) is 2. The Morgan fingerprint density at radius 3 is 2.43 bits per heavy atom. The third kappa shape index (κ3) is 3.99. The fourth-order valence-electron chi connectivity index (χ4n) is 4.10. The molecule has 0 heterocycles. The number of phenolic OH excluding ortho intramolecular Hbond substituents is 2. The average molecular weight is 314 g/mol. The number of benzene rings is 1. The fourth-order valence-corrected chi connectivity index (χ4v) is 4.10. The standard InChI is InChI=1S/C21H30O2/c1-5-6-7-9-16-12-15(4)13-17(20(16)14(2)3)21-18(22)10-8-11-19(21)23/h8,10-11,13,16-17,20,22-23H,2,5-7,9,12H2,1,3-4H3/t16?,17-,20-/m1/s1. The second-order valence-electron chi connectivity index (χ2n) is 7.08. The number of phenols is 2. The van der Waals surface area contributed by atoms with E-state index in [9.17, 15) is 10.2 Å². The molecule has 2 N–H and O–H groups in total. The van der Waals surface area contributed by atoms with E-state index in [4.69, 9.17) is 0 Å². The first-order valence-corrected chi connectivity index (χ1v) is 8.79. The van der Waals surface area contributed by atoms with Crippen LogP contribution in [0.15, 0.2) is 42.0 Å². The molecule has 23 heavy (non-hydrogen) atoms. The molecule has 0 saturated heterocycles. The van der Waals surface area contributed by atoms with E-state index >= 15 is 0 Å². The third-order valence-corrected chi connectivity index (χ3v) is 5.08. The van der Waals surface area contributed by atoms with Crippen LogP contribution in [0, 0.1) is 11.8 Å². The third-order valence-electron chi connectivity index (χ3n) is 5.08. The van der Waals surface area contributed by atoms with Gasteiger partial charge in [0.15, 0.2) is 0 Å². The lowest BCUT2D eigenvalue weighted by Gasteiger charge is -2.38. The molecule has 3 atom stereocenters. The molecule has 0 spiro atoms. The van der Waals surface area contributed by atoms with Crippen molar-refractivity contribution in [3.8, 4) is 11.5 Å². The maximum Gasteiger partial charge on any atom is 0.123 e. The first kappa shape index (κ1) is 17.7. The first-order valence-electron chi connectivity index (χ1n) is 8.79. The van der Waals surface area contributed by atoms with Crippen molar-refractivity contribution in [2.45, 2.75) is 58.8 Å². The molecule has 0 fully saturated rings. The van der Waals surface area contributed by atoms with Gasteiger partial charge in [0.05, 0.1) is 0 Å². The molecule has 0 radical (unpaired) electrons. The summed E-state index contributed by atoms with van der Waals surface area (Å²) < 4.78 is 0. The Bertz CT molecular complexity index is 565. The summed E-state index contributed by atoms with van der Waals surface area (Å²) in [5.41, 5.74) is 3.14.